The molecule has 0 saturated heterocycles. The van der Waals surface area contributed by atoms with Crippen LogP contribution in [0.5, 0.6) is 0 Å². The number of nitrogens with one attached hydrogen (secondary N) is 2. The van der Waals surface area contributed by atoms with Gasteiger partial charge in [-0.05, 0) is 39.8 Å². The van der Waals surface area contributed by atoms with E-state index >= 15 is 0 Å². The molecule has 0 fully saturated rings. The van der Waals surface area contributed by atoms with Crippen LogP contribution in [-0.4, -0.2) is 41.1 Å². The predicted molar refractivity (Wildman–Crippen MR) is 74.0 cm³/mol. The lowest BCUT2D eigenvalue weighted by Gasteiger charge is -2.19. The monoisotopic (exact) mass is 268 g/mol. The Bertz CT molecular complexity index is 357. The number of hydrogen-bond acceptors (Lipinski definition) is 4. The molecule has 1 heterocycles. The quantitative estimate of drug-likeness (QED) is 0.733. The van der Waals surface area contributed by atoms with E-state index in [2.05, 4.69) is 15.7 Å². The van der Waals surface area contributed by atoms with Gasteiger partial charge in [0.15, 0.2) is 0 Å². The SMILES string of the molecule is CC(C)(C)OC(=O)NCCCNCCn1cccn1. The molecule has 0 saturated carbocycles. The van der Waals surface area contributed by atoms with Crippen LogP contribution in [0.25, 0.3) is 0 Å². The molecule has 0 radical (unpaired) electrons. The zero-order chi connectivity index (χ0) is 14.1. The molecule has 1 aromatic rings. The first-order chi connectivity index (χ1) is 8.97. The fraction of sp³-hybridized carbons (Fsp3) is 0.692. The number of rotatable bonds is 7. The first-order valence-electron chi connectivity index (χ1n) is 6.62. The van der Waals surface area contributed by atoms with Gasteiger partial charge >= 0.3 is 6.09 Å². The lowest BCUT2D eigenvalue weighted by Crippen LogP contribution is -2.34. The van der Waals surface area contributed by atoms with Gasteiger partial charge in [0.05, 0.1) is 6.54 Å². The minimum atomic E-state index is -0.438. The van der Waals surface area contributed by atoms with Crippen LogP contribution < -0.4 is 10.6 Å². The first kappa shape index (κ1) is 15.5. The largest absolute Gasteiger partial charge is 0.444 e. The Labute approximate surface area is 114 Å². The van der Waals surface area contributed by atoms with Crippen LogP contribution in [0.3, 0.4) is 0 Å². The van der Waals surface area contributed by atoms with E-state index in [9.17, 15) is 4.79 Å². The van der Waals surface area contributed by atoms with Gasteiger partial charge in [-0.2, -0.15) is 5.10 Å². The van der Waals surface area contributed by atoms with Crippen LogP contribution in [0.1, 0.15) is 27.2 Å². The zero-order valence-electron chi connectivity index (χ0n) is 12.0. The van der Waals surface area contributed by atoms with Crippen molar-refractivity contribution in [2.75, 3.05) is 19.6 Å². The van der Waals surface area contributed by atoms with Crippen molar-refractivity contribution in [1.82, 2.24) is 20.4 Å². The number of carbonyl (C=O) groups is 1. The van der Waals surface area contributed by atoms with Crippen molar-refractivity contribution in [3.05, 3.63) is 18.5 Å². The lowest BCUT2D eigenvalue weighted by molar-refractivity contribution is 0.0527. The normalized spacial score (nSPS) is 11.3. The first-order valence-corrected chi connectivity index (χ1v) is 6.62. The van der Waals surface area contributed by atoms with Gasteiger partial charge in [-0.1, -0.05) is 0 Å². The number of amides is 1. The van der Waals surface area contributed by atoms with E-state index in [0.29, 0.717) is 6.54 Å². The van der Waals surface area contributed by atoms with E-state index in [1.807, 2.05) is 37.7 Å². The summed E-state index contributed by atoms with van der Waals surface area (Å²) in [6.07, 6.45) is 4.22. The highest BCUT2D eigenvalue weighted by Crippen LogP contribution is 2.06. The predicted octanol–water partition coefficient (Wildman–Crippen LogP) is 1.39. The van der Waals surface area contributed by atoms with Crippen LogP contribution in [-0.2, 0) is 11.3 Å². The molecule has 0 atom stereocenters. The van der Waals surface area contributed by atoms with Crippen LogP contribution in [0.2, 0.25) is 0 Å². The van der Waals surface area contributed by atoms with E-state index in [-0.39, 0.29) is 6.09 Å². The fourth-order valence-electron chi connectivity index (χ4n) is 1.47. The second-order valence-electron chi connectivity index (χ2n) is 5.30. The summed E-state index contributed by atoms with van der Waals surface area (Å²) < 4.78 is 7.01. The minimum absolute atomic E-state index is 0.357. The van der Waals surface area contributed by atoms with E-state index < -0.39 is 5.60 Å². The molecule has 0 aliphatic rings. The molecule has 1 amide bonds. The average Bonchev–Trinajstić information content (AvgIpc) is 2.78. The number of carbonyl (C=O) groups excluding carboxylic acids is 1. The van der Waals surface area contributed by atoms with Gasteiger partial charge in [-0.3, -0.25) is 4.68 Å². The second kappa shape index (κ2) is 7.78. The van der Waals surface area contributed by atoms with Gasteiger partial charge in [0, 0.05) is 25.5 Å². The van der Waals surface area contributed by atoms with Gasteiger partial charge in [-0.15, -0.1) is 0 Å². The number of hydrogen-bond donors (Lipinski definition) is 2. The number of nitrogens with zero attached hydrogens (tertiary/aromatic N) is 2. The topological polar surface area (TPSA) is 68.2 Å². The third-order valence-electron chi connectivity index (χ3n) is 2.28. The van der Waals surface area contributed by atoms with E-state index in [1.54, 1.807) is 6.20 Å². The Kier molecular flexibility index (Phi) is 6.35. The Morgan fingerprint density at radius 2 is 2.11 bits per heavy atom. The van der Waals surface area contributed by atoms with E-state index in [0.717, 1.165) is 26.1 Å². The molecule has 0 aromatic carbocycles. The minimum Gasteiger partial charge on any atom is -0.444 e. The Balaban J connectivity index is 1.92. The van der Waals surface area contributed by atoms with E-state index in [1.165, 1.54) is 0 Å². The van der Waals surface area contributed by atoms with Crippen molar-refractivity contribution in [2.24, 2.45) is 0 Å². The summed E-state index contributed by atoms with van der Waals surface area (Å²) in [5.41, 5.74) is -0.438. The van der Waals surface area contributed by atoms with Crippen molar-refractivity contribution in [2.45, 2.75) is 39.3 Å². The van der Waals surface area contributed by atoms with Gasteiger partial charge < -0.3 is 15.4 Å². The third kappa shape index (κ3) is 8.20. The summed E-state index contributed by atoms with van der Waals surface area (Å²) in [4.78, 5) is 11.3. The van der Waals surface area contributed by atoms with Crippen molar-refractivity contribution < 1.29 is 9.53 Å². The summed E-state index contributed by atoms with van der Waals surface area (Å²) >= 11 is 0. The van der Waals surface area contributed by atoms with Crippen LogP contribution in [0.15, 0.2) is 18.5 Å². The zero-order valence-corrected chi connectivity index (χ0v) is 12.0. The molecular weight excluding hydrogens is 244 g/mol. The van der Waals surface area contributed by atoms with Crippen LogP contribution in [0.4, 0.5) is 4.79 Å². The third-order valence-corrected chi connectivity index (χ3v) is 2.28. The number of ether oxygens (including phenoxy) is 1. The summed E-state index contributed by atoms with van der Waals surface area (Å²) in [7, 11) is 0. The van der Waals surface area contributed by atoms with Crippen molar-refractivity contribution in [3.8, 4) is 0 Å². The maximum atomic E-state index is 11.3. The molecule has 0 spiro atoms. The summed E-state index contributed by atoms with van der Waals surface area (Å²) in [5.74, 6) is 0. The van der Waals surface area contributed by atoms with Gasteiger partial charge in [-0.25, -0.2) is 4.79 Å². The second-order valence-corrected chi connectivity index (χ2v) is 5.30. The lowest BCUT2D eigenvalue weighted by atomic mass is 10.2. The molecular formula is C13H24N4O2. The molecule has 1 aromatic heterocycles. The Hall–Kier alpha value is -1.56. The van der Waals surface area contributed by atoms with Gasteiger partial charge in [0.1, 0.15) is 5.60 Å². The smallest absolute Gasteiger partial charge is 0.407 e. The van der Waals surface area contributed by atoms with Gasteiger partial charge in [0.2, 0.25) is 0 Å². The molecule has 19 heavy (non-hydrogen) atoms. The van der Waals surface area contributed by atoms with Crippen LogP contribution >= 0.6 is 0 Å². The summed E-state index contributed by atoms with van der Waals surface area (Å²) in [6, 6.07) is 1.91. The van der Waals surface area contributed by atoms with Crippen molar-refractivity contribution >= 4 is 6.09 Å². The molecule has 0 unspecified atom stereocenters. The van der Waals surface area contributed by atoms with Crippen molar-refractivity contribution in [3.63, 3.8) is 0 Å². The molecule has 6 heteroatoms. The standard InChI is InChI=1S/C13H24N4O2/c1-13(2,3)19-12(18)15-7-4-6-14-9-11-17-10-5-8-16-17/h5,8,10,14H,4,6-7,9,11H2,1-3H3,(H,15,18). The maximum Gasteiger partial charge on any atom is 0.407 e. The molecule has 108 valence electrons. The highest BCUT2D eigenvalue weighted by Gasteiger charge is 2.15. The maximum absolute atomic E-state index is 11.3. The van der Waals surface area contributed by atoms with Crippen molar-refractivity contribution in [1.29, 1.82) is 0 Å². The molecule has 1 rings (SSSR count). The van der Waals surface area contributed by atoms with Crippen LogP contribution in [0, 0.1) is 0 Å². The Morgan fingerprint density at radius 1 is 1.32 bits per heavy atom. The average molecular weight is 268 g/mol. The summed E-state index contributed by atoms with van der Waals surface area (Å²) in [6.45, 7) is 8.75. The number of aromatic nitrogens is 2. The molecule has 0 bridgehead atoms. The number of alkyl carbamates (subject to hydrolysis) is 1. The van der Waals surface area contributed by atoms with E-state index in [4.69, 9.17) is 4.74 Å². The molecule has 2 N–H and O–H groups in total. The molecule has 0 aliphatic carbocycles. The van der Waals surface area contributed by atoms with Gasteiger partial charge in [0.25, 0.3) is 0 Å². The summed E-state index contributed by atoms with van der Waals surface area (Å²) in [5, 5.41) is 10.1. The highest BCUT2D eigenvalue weighted by atomic mass is 16.6. The molecule has 0 aliphatic heterocycles. The Morgan fingerprint density at radius 3 is 2.74 bits per heavy atom. The molecule has 6 nitrogen and oxygen atoms in total. The fourth-order valence-corrected chi connectivity index (χ4v) is 1.47. The highest BCUT2D eigenvalue weighted by molar-refractivity contribution is 5.67.